The van der Waals surface area contributed by atoms with E-state index in [0.29, 0.717) is 6.04 Å². The van der Waals surface area contributed by atoms with E-state index in [1.165, 1.54) is 12.0 Å². The summed E-state index contributed by atoms with van der Waals surface area (Å²) in [4.78, 5) is 0. The molecule has 0 aliphatic heterocycles. The lowest BCUT2D eigenvalue weighted by Gasteiger charge is -2.18. The lowest BCUT2D eigenvalue weighted by Crippen LogP contribution is -2.30. The van der Waals surface area contributed by atoms with E-state index in [2.05, 4.69) is 31.3 Å². The van der Waals surface area contributed by atoms with E-state index in [1.807, 2.05) is 30.9 Å². The minimum absolute atomic E-state index is 0.537. The molecular weight excluding hydrogens is 250 g/mol. The second kappa shape index (κ2) is 8.02. The Morgan fingerprint density at radius 1 is 1.29 bits per heavy atom. The standard InChI is InChI=1S/C14H22ClNS/c1-4-11(2)17-10-14(16-3)9-12-5-7-13(15)8-6-12/h5-8,11,14,16H,4,9-10H2,1-3H3. The Kier molecular flexibility index (Phi) is 7.02. The van der Waals surface area contributed by atoms with Crippen LogP contribution in [0, 0.1) is 0 Å². The predicted octanol–water partition coefficient (Wildman–Crippen LogP) is 4.00. The fraction of sp³-hybridized carbons (Fsp3) is 0.571. The van der Waals surface area contributed by atoms with Crippen LogP contribution < -0.4 is 5.32 Å². The number of halogens is 1. The highest BCUT2D eigenvalue weighted by molar-refractivity contribution is 7.99. The molecule has 96 valence electrons. The molecule has 1 aromatic rings. The van der Waals surface area contributed by atoms with Crippen molar-refractivity contribution >= 4 is 23.4 Å². The van der Waals surface area contributed by atoms with Crippen molar-refractivity contribution in [2.75, 3.05) is 12.8 Å². The van der Waals surface area contributed by atoms with E-state index in [1.54, 1.807) is 0 Å². The van der Waals surface area contributed by atoms with Crippen molar-refractivity contribution in [1.29, 1.82) is 0 Å². The first-order valence-corrected chi connectivity index (χ1v) is 7.61. The van der Waals surface area contributed by atoms with Gasteiger partial charge in [-0.2, -0.15) is 11.8 Å². The third kappa shape index (κ3) is 5.80. The number of likely N-dealkylation sites (N-methyl/N-ethyl adjacent to an activating group) is 1. The summed E-state index contributed by atoms with van der Waals surface area (Å²) in [6.45, 7) is 4.53. The number of rotatable bonds is 7. The molecule has 0 saturated heterocycles. The van der Waals surface area contributed by atoms with Gasteiger partial charge in [0.05, 0.1) is 0 Å². The highest BCUT2D eigenvalue weighted by Gasteiger charge is 2.09. The van der Waals surface area contributed by atoms with E-state index in [9.17, 15) is 0 Å². The second-order valence-corrected chi connectivity index (χ2v) is 6.28. The van der Waals surface area contributed by atoms with Gasteiger partial charge in [0.2, 0.25) is 0 Å². The van der Waals surface area contributed by atoms with Crippen LogP contribution in [0.3, 0.4) is 0 Å². The van der Waals surface area contributed by atoms with Gasteiger partial charge >= 0.3 is 0 Å². The molecule has 2 atom stereocenters. The Balaban J connectivity index is 2.43. The molecule has 0 aromatic heterocycles. The van der Waals surface area contributed by atoms with Crippen molar-refractivity contribution in [2.24, 2.45) is 0 Å². The van der Waals surface area contributed by atoms with E-state index >= 15 is 0 Å². The molecule has 0 aliphatic rings. The third-order valence-electron chi connectivity index (χ3n) is 2.96. The van der Waals surface area contributed by atoms with Gasteiger partial charge in [0.25, 0.3) is 0 Å². The first-order valence-electron chi connectivity index (χ1n) is 6.19. The lowest BCUT2D eigenvalue weighted by atomic mass is 10.1. The van der Waals surface area contributed by atoms with Crippen molar-refractivity contribution in [3.05, 3.63) is 34.9 Å². The van der Waals surface area contributed by atoms with E-state index in [0.717, 1.165) is 22.4 Å². The highest BCUT2D eigenvalue weighted by atomic mass is 35.5. The van der Waals surface area contributed by atoms with Gasteiger partial charge in [-0.1, -0.05) is 37.6 Å². The molecule has 0 fully saturated rings. The topological polar surface area (TPSA) is 12.0 Å². The van der Waals surface area contributed by atoms with E-state index < -0.39 is 0 Å². The molecule has 17 heavy (non-hydrogen) atoms. The number of hydrogen-bond donors (Lipinski definition) is 1. The Hall–Kier alpha value is -0.180. The van der Waals surface area contributed by atoms with Gasteiger partial charge in [0.1, 0.15) is 0 Å². The van der Waals surface area contributed by atoms with Crippen LogP contribution in [0.4, 0.5) is 0 Å². The summed E-state index contributed by atoms with van der Waals surface area (Å²) < 4.78 is 0. The van der Waals surface area contributed by atoms with Gasteiger partial charge < -0.3 is 5.32 Å². The molecule has 0 amide bonds. The van der Waals surface area contributed by atoms with Crippen molar-refractivity contribution in [3.63, 3.8) is 0 Å². The predicted molar refractivity (Wildman–Crippen MR) is 80.2 cm³/mol. The van der Waals surface area contributed by atoms with Gasteiger partial charge in [0, 0.05) is 22.1 Å². The highest BCUT2D eigenvalue weighted by Crippen LogP contribution is 2.17. The van der Waals surface area contributed by atoms with Crippen LogP contribution in [0.1, 0.15) is 25.8 Å². The smallest absolute Gasteiger partial charge is 0.0406 e. The number of thioether (sulfide) groups is 1. The molecule has 2 unspecified atom stereocenters. The summed E-state index contributed by atoms with van der Waals surface area (Å²) in [6, 6.07) is 8.69. The molecule has 0 saturated carbocycles. The van der Waals surface area contributed by atoms with Crippen LogP contribution in [0.25, 0.3) is 0 Å². The van der Waals surface area contributed by atoms with Gasteiger partial charge in [-0.05, 0) is 37.6 Å². The maximum Gasteiger partial charge on any atom is 0.0406 e. The molecule has 1 nitrogen and oxygen atoms in total. The second-order valence-electron chi connectivity index (χ2n) is 4.37. The first kappa shape index (κ1) is 14.9. The molecule has 0 aliphatic carbocycles. The molecule has 1 rings (SSSR count). The van der Waals surface area contributed by atoms with Crippen molar-refractivity contribution < 1.29 is 0 Å². The third-order valence-corrected chi connectivity index (χ3v) is 4.71. The van der Waals surface area contributed by atoms with Crippen LogP contribution >= 0.6 is 23.4 Å². The summed E-state index contributed by atoms with van der Waals surface area (Å²) in [5.74, 6) is 1.16. The van der Waals surface area contributed by atoms with Crippen LogP contribution in [0.2, 0.25) is 5.02 Å². The normalized spacial score (nSPS) is 14.6. The van der Waals surface area contributed by atoms with Crippen LogP contribution in [0.15, 0.2) is 24.3 Å². The van der Waals surface area contributed by atoms with Gasteiger partial charge in [-0.3, -0.25) is 0 Å². The Morgan fingerprint density at radius 2 is 1.94 bits per heavy atom. The SMILES string of the molecule is CCC(C)SCC(Cc1ccc(Cl)cc1)NC. The van der Waals surface area contributed by atoms with Crippen LogP contribution in [-0.4, -0.2) is 24.1 Å². The Labute approximate surface area is 114 Å². The molecule has 0 spiro atoms. The summed E-state index contributed by atoms with van der Waals surface area (Å²) in [5, 5.41) is 4.95. The average Bonchev–Trinajstić information content (AvgIpc) is 2.36. The lowest BCUT2D eigenvalue weighted by molar-refractivity contribution is 0.616. The zero-order chi connectivity index (χ0) is 12.7. The maximum absolute atomic E-state index is 5.88. The van der Waals surface area contributed by atoms with E-state index in [-0.39, 0.29) is 0 Å². The van der Waals surface area contributed by atoms with Crippen molar-refractivity contribution in [3.8, 4) is 0 Å². The number of benzene rings is 1. The summed E-state index contributed by atoms with van der Waals surface area (Å²) in [5.41, 5.74) is 1.35. The quantitative estimate of drug-likeness (QED) is 0.804. The summed E-state index contributed by atoms with van der Waals surface area (Å²) >= 11 is 7.93. The minimum Gasteiger partial charge on any atom is -0.316 e. The largest absolute Gasteiger partial charge is 0.316 e. The fourth-order valence-corrected chi connectivity index (χ4v) is 2.75. The summed E-state index contributed by atoms with van der Waals surface area (Å²) in [6.07, 6.45) is 2.30. The monoisotopic (exact) mass is 271 g/mol. The molecule has 3 heteroatoms. The Bertz CT molecular complexity index is 313. The van der Waals surface area contributed by atoms with Crippen LogP contribution in [-0.2, 0) is 6.42 Å². The van der Waals surface area contributed by atoms with Gasteiger partial charge in [-0.15, -0.1) is 0 Å². The molecule has 0 radical (unpaired) electrons. The van der Waals surface area contributed by atoms with Crippen molar-refractivity contribution in [1.82, 2.24) is 5.32 Å². The van der Waals surface area contributed by atoms with Gasteiger partial charge in [0.15, 0.2) is 0 Å². The first-order chi connectivity index (χ1) is 8.15. The molecule has 1 aromatic carbocycles. The fourth-order valence-electron chi connectivity index (χ4n) is 1.55. The zero-order valence-electron chi connectivity index (χ0n) is 10.9. The average molecular weight is 272 g/mol. The van der Waals surface area contributed by atoms with Gasteiger partial charge in [-0.25, -0.2) is 0 Å². The van der Waals surface area contributed by atoms with E-state index in [4.69, 9.17) is 11.6 Å². The van der Waals surface area contributed by atoms with Crippen molar-refractivity contribution in [2.45, 2.75) is 38.0 Å². The molecule has 0 heterocycles. The molecule has 1 N–H and O–H groups in total. The number of hydrogen-bond acceptors (Lipinski definition) is 2. The molecule has 0 bridgehead atoms. The van der Waals surface area contributed by atoms with Crippen LogP contribution in [0.5, 0.6) is 0 Å². The Morgan fingerprint density at radius 3 is 2.47 bits per heavy atom. The number of nitrogens with one attached hydrogen (secondary N) is 1. The zero-order valence-corrected chi connectivity index (χ0v) is 12.4. The molecular formula is C14H22ClNS. The minimum atomic E-state index is 0.537. The maximum atomic E-state index is 5.88. The summed E-state index contributed by atoms with van der Waals surface area (Å²) in [7, 11) is 2.04.